The van der Waals surface area contributed by atoms with E-state index in [1.807, 2.05) is 0 Å². The van der Waals surface area contributed by atoms with E-state index in [1.165, 1.54) is 36.4 Å². The number of alkyl halides is 3. The van der Waals surface area contributed by atoms with E-state index >= 15 is 0 Å². The van der Waals surface area contributed by atoms with Crippen LogP contribution in [-0.4, -0.2) is 30.4 Å². The van der Waals surface area contributed by atoms with Crippen LogP contribution in [0.25, 0.3) is 0 Å². The van der Waals surface area contributed by atoms with Crippen molar-refractivity contribution in [1.29, 1.82) is 0 Å². The van der Waals surface area contributed by atoms with Gasteiger partial charge in [-0.25, -0.2) is 4.79 Å². The van der Waals surface area contributed by atoms with Gasteiger partial charge >= 0.3 is 12.1 Å². The summed E-state index contributed by atoms with van der Waals surface area (Å²) in [5, 5.41) is 5.10. The number of hydrogen-bond donors (Lipinski definition) is 2. The number of esters is 1. The molecule has 0 aliphatic carbocycles. The Morgan fingerprint density at radius 1 is 1.06 bits per heavy atom. The first-order valence-electron chi connectivity index (χ1n) is 9.72. The highest BCUT2D eigenvalue weighted by molar-refractivity contribution is 6.30. The summed E-state index contributed by atoms with van der Waals surface area (Å²) >= 11 is 5.80. The molecule has 172 valence electrons. The van der Waals surface area contributed by atoms with Crippen molar-refractivity contribution < 1.29 is 32.3 Å². The van der Waals surface area contributed by atoms with Gasteiger partial charge in [0.05, 0.1) is 11.3 Å². The molecule has 32 heavy (non-hydrogen) atoms. The van der Waals surface area contributed by atoms with Crippen LogP contribution in [0.3, 0.4) is 0 Å². The van der Waals surface area contributed by atoms with Gasteiger partial charge in [0.25, 0.3) is 11.8 Å². The van der Waals surface area contributed by atoms with E-state index in [1.54, 1.807) is 13.8 Å². The second kappa shape index (κ2) is 11.0. The highest BCUT2D eigenvalue weighted by atomic mass is 35.5. The minimum Gasteiger partial charge on any atom is -0.454 e. The molecule has 0 spiro atoms. The molecule has 0 heterocycles. The fourth-order valence-corrected chi connectivity index (χ4v) is 2.87. The molecule has 10 heteroatoms. The average molecular weight is 471 g/mol. The first-order chi connectivity index (χ1) is 15.0. The van der Waals surface area contributed by atoms with Crippen LogP contribution in [0.15, 0.2) is 48.5 Å². The third kappa shape index (κ3) is 6.98. The van der Waals surface area contributed by atoms with Crippen LogP contribution in [-0.2, 0) is 20.5 Å². The van der Waals surface area contributed by atoms with Gasteiger partial charge in [0.2, 0.25) is 0 Å². The van der Waals surface area contributed by atoms with Gasteiger partial charge in [0.1, 0.15) is 6.04 Å². The molecule has 2 aromatic carbocycles. The second-order valence-electron chi connectivity index (χ2n) is 7.04. The van der Waals surface area contributed by atoms with Crippen LogP contribution < -0.4 is 10.6 Å². The molecule has 0 radical (unpaired) electrons. The van der Waals surface area contributed by atoms with Gasteiger partial charge in [-0.1, -0.05) is 44.0 Å². The zero-order chi connectivity index (χ0) is 23.9. The summed E-state index contributed by atoms with van der Waals surface area (Å²) in [4.78, 5) is 37.1. The predicted octanol–water partition coefficient (Wildman–Crippen LogP) is 4.69. The van der Waals surface area contributed by atoms with Crippen LogP contribution in [0, 0.1) is 5.92 Å². The van der Waals surface area contributed by atoms with E-state index in [4.69, 9.17) is 16.3 Å². The smallest absolute Gasteiger partial charge is 0.418 e. The molecule has 0 saturated carbocycles. The Bertz CT molecular complexity index is 964. The number of carbonyl (C=O) groups is 3. The maximum Gasteiger partial charge on any atom is 0.418 e. The number of para-hydroxylation sites is 1. The monoisotopic (exact) mass is 470 g/mol. The molecule has 2 amide bonds. The van der Waals surface area contributed by atoms with Gasteiger partial charge in [-0.05, 0) is 42.3 Å². The van der Waals surface area contributed by atoms with Gasteiger partial charge in [-0.3, -0.25) is 9.59 Å². The Morgan fingerprint density at radius 2 is 1.69 bits per heavy atom. The minimum absolute atomic E-state index is 0.275. The lowest BCUT2D eigenvalue weighted by atomic mass is 9.99. The number of hydrogen-bond acceptors (Lipinski definition) is 4. The Balaban J connectivity index is 2.02. The zero-order valence-corrected chi connectivity index (χ0v) is 18.1. The number of anilines is 1. The topological polar surface area (TPSA) is 84.5 Å². The van der Waals surface area contributed by atoms with E-state index in [-0.39, 0.29) is 11.5 Å². The van der Waals surface area contributed by atoms with Crippen molar-refractivity contribution in [2.24, 2.45) is 5.92 Å². The zero-order valence-electron chi connectivity index (χ0n) is 17.3. The molecule has 2 aromatic rings. The minimum atomic E-state index is -4.66. The van der Waals surface area contributed by atoms with Gasteiger partial charge < -0.3 is 15.4 Å². The Hall–Kier alpha value is -3.07. The lowest BCUT2D eigenvalue weighted by Crippen LogP contribution is -2.46. The fourth-order valence-electron chi connectivity index (χ4n) is 2.75. The second-order valence-corrected chi connectivity index (χ2v) is 7.48. The molecule has 2 atom stereocenters. The van der Waals surface area contributed by atoms with Gasteiger partial charge in [-0.15, -0.1) is 0 Å². The summed E-state index contributed by atoms with van der Waals surface area (Å²) in [6.07, 6.45) is -4.14. The first kappa shape index (κ1) is 25.2. The number of ether oxygens (including phenoxy) is 1. The lowest BCUT2D eigenvalue weighted by Gasteiger charge is -2.22. The van der Waals surface area contributed by atoms with Crippen LogP contribution in [0.5, 0.6) is 0 Å². The van der Waals surface area contributed by atoms with Gasteiger partial charge in [-0.2, -0.15) is 13.2 Å². The number of carbonyl (C=O) groups excluding carboxylic acids is 3. The summed E-state index contributed by atoms with van der Waals surface area (Å²) in [6, 6.07) is 9.42. The Kier molecular flexibility index (Phi) is 8.65. The Labute approximate surface area is 188 Å². The standard InChI is InChI=1S/C22H22ClF3N2O4/c1-3-13(2)19(28-20(30)14-8-10-15(23)11-9-14)21(31)32-12-18(29)27-17-7-5-4-6-16(17)22(24,25)26/h4-11,13,19H,3,12H2,1-2H3,(H,27,29)(H,28,30). The predicted molar refractivity (Wildman–Crippen MR) is 113 cm³/mol. The summed E-state index contributed by atoms with van der Waals surface area (Å²) < 4.78 is 44.1. The van der Waals surface area contributed by atoms with Crippen molar-refractivity contribution >= 4 is 35.1 Å². The molecule has 0 aromatic heterocycles. The van der Waals surface area contributed by atoms with Gasteiger partial charge in [0, 0.05) is 10.6 Å². The molecule has 2 rings (SSSR count). The van der Waals surface area contributed by atoms with Crippen LogP contribution in [0.1, 0.15) is 36.2 Å². The molecule has 2 N–H and O–H groups in total. The average Bonchev–Trinajstić information content (AvgIpc) is 2.75. The molecule has 0 aliphatic rings. The normalized spacial score (nSPS) is 13.1. The number of rotatable bonds is 8. The number of benzene rings is 2. The SMILES string of the molecule is CCC(C)C(NC(=O)c1ccc(Cl)cc1)C(=O)OCC(=O)Nc1ccccc1C(F)(F)F. The van der Waals surface area contributed by atoms with Crippen LogP contribution in [0.2, 0.25) is 5.02 Å². The van der Waals surface area contributed by atoms with Crippen LogP contribution in [0.4, 0.5) is 18.9 Å². The van der Waals surface area contributed by atoms with Crippen molar-refractivity contribution in [2.75, 3.05) is 11.9 Å². The van der Waals surface area contributed by atoms with Crippen LogP contribution >= 0.6 is 11.6 Å². The van der Waals surface area contributed by atoms with Crippen molar-refractivity contribution in [3.8, 4) is 0 Å². The quantitative estimate of drug-likeness (QED) is 0.548. The third-order valence-corrected chi connectivity index (χ3v) is 4.96. The first-order valence-corrected chi connectivity index (χ1v) is 10.1. The van der Waals surface area contributed by atoms with Crippen molar-refractivity contribution in [1.82, 2.24) is 5.32 Å². The maximum atomic E-state index is 13.0. The molecule has 0 fully saturated rings. The van der Waals surface area contributed by atoms with Crippen molar-refractivity contribution in [3.05, 3.63) is 64.7 Å². The number of nitrogens with one attached hydrogen (secondary N) is 2. The van der Waals surface area contributed by atoms with Crippen molar-refractivity contribution in [2.45, 2.75) is 32.5 Å². The van der Waals surface area contributed by atoms with E-state index in [0.717, 1.165) is 12.1 Å². The third-order valence-electron chi connectivity index (χ3n) is 4.71. The fraction of sp³-hybridized carbons (Fsp3) is 0.318. The highest BCUT2D eigenvalue weighted by Crippen LogP contribution is 2.34. The van der Waals surface area contributed by atoms with E-state index < -0.39 is 47.9 Å². The maximum absolute atomic E-state index is 13.0. The largest absolute Gasteiger partial charge is 0.454 e. The molecule has 0 aliphatic heterocycles. The highest BCUT2D eigenvalue weighted by Gasteiger charge is 2.34. The van der Waals surface area contributed by atoms with Gasteiger partial charge in [0.15, 0.2) is 6.61 Å². The molecule has 6 nitrogen and oxygen atoms in total. The Morgan fingerprint density at radius 3 is 2.28 bits per heavy atom. The molecular formula is C22H22ClF3N2O4. The molecule has 2 unspecified atom stereocenters. The summed E-state index contributed by atoms with van der Waals surface area (Å²) in [5.41, 5.74) is -1.19. The number of amides is 2. The molecule has 0 saturated heterocycles. The van der Waals surface area contributed by atoms with E-state index in [9.17, 15) is 27.6 Å². The molecular weight excluding hydrogens is 449 g/mol. The van der Waals surface area contributed by atoms with E-state index in [0.29, 0.717) is 11.4 Å². The summed E-state index contributed by atoms with van der Waals surface area (Å²) in [5.74, 6) is -2.68. The summed E-state index contributed by atoms with van der Waals surface area (Å²) in [6.45, 7) is 2.71. The lowest BCUT2D eigenvalue weighted by molar-refractivity contribution is -0.150. The number of halogens is 4. The summed E-state index contributed by atoms with van der Waals surface area (Å²) in [7, 11) is 0. The van der Waals surface area contributed by atoms with E-state index in [2.05, 4.69) is 10.6 Å². The molecule has 0 bridgehead atoms. The van der Waals surface area contributed by atoms with Crippen molar-refractivity contribution in [3.63, 3.8) is 0 Å².